The van der Waals surface area contributed by atoms with E-state index in [2.05, 4.69) is 21.0 Å². The minimum absolute atomic E-state index is 0.244. The minimum atomic E-state index is 0.244. The predicted molar refractivity (Wildman–Crippen MR) is 139 cm³/mol. The molecule has 0 unspecified atom stereocenters. The Morgan fingerprint density at radius 3 is 2.47 bits per heavy atom. The number of likely N-dealkylation sites (tertiary alicyclic amines) is 1. The highest BCUT2D eigenvalue weighted by Gasteiger charge is 2.20. The lowest BCUT2D eigenvalue weighted by atomic mass is 10.1. The van der Waals surface area contributed by atoms with E-state index < -0.39 is 0 Å². The Hall–Kier alpha value is -4.14. The topological polar surface area (TPSA) is 85.6 Å². The van der Waals surface area contributed by atoms with E-state index in [9.17, 15) is 4.79 Å². The molecular formula is C27H30N6O3. The average molecular weight is 487 g/mol. The molecule has 2 aromatic heterocycles. The third-order valence-corrected chi connectivity index (χ3v) is 6.47. The van der Waals surface area contributed by atoms with Crippen molar-refractivity contribution in [2.75, 3.05) is 38.8 Å². The molecule has 1 aliphatic heterocycles. The van der Waals surface area contributed by atoms with Gasteiger partial charge in [-0.05, 0) is 31.0 Å². The SMILES string of the molecule is COc1cc(OC)cc(N(CCCN2CCCC2=O)c2ccc3ncc(-c4cnn(C)c4)nc3c2)c1. The first kappa shape index (κ1) is 23.6. The van der Waals surface area contributed by atoms with Crippen LogP contribution in [0.2, 0.25) is 0 Å². The largest absolute Gasteiger partial charge is 0.497 e. The standard InChI is InChI=1S/C27H30N6O3/c1-31-18-19(16-29-31)26-17-28-24-8-7-20(14-25(24)30-26)33(11-5-10-32-9-4-6-27(32)34)21-12-22(35-2)15-23(13-21)36-3/h7-8,12-18H,4-6,9-11H2,1-3H3. The summed E-state index contributed by atoms with van der Waals surface area (Å²) in [6.45, 7) is 2.28. The van der Waals surface area contributed by atoms with Crippen molar-refractivity contribution in [1.29, 1.82) is 0 Å². The summed E-state index contributed by atoms with van der Waals surface area (Å²) >= 11 is 0. The van der Waals surface area contributed by atoms with Gasteiger partial charge in [-0.2, -0.15) is 5.10 Å². The number of benzene rings is 2. The molecule has 0 spiro atoms. The van der Waals surface area contributed by atoms with Crippen LogP contribution in [0, 0.1) is 0 Å². The van der Waals surface area contributed by atoms with E-state index >= 15 is 0 Å². The van der Waals surface area contributed by atoms with Crippen LogP contribution in [-0.4, -0.2) is 64.4 Å². The van der Waals surface area contributed by atoms with E-state index in [4.69, 9.17) is 14.5 Å². The summed E-state index contributed by atoms with van der Waals surface area (Å²) in [6, 6.07) is 11.9. The number of fused-ring (bicyclic) bond motifs is 1. The van der Waals surface area contributed by atoms with Crippen molar-refractivity contribution in [3.05, 3.63) is 55.0 Å². The Balaban J connectivity index is 1.50. The summed E-state index contributed by atoms with van der Waals surface area (Å²) in [5.41, 5.74) is 5.22. The van der Waals surface area contributed by atoms with E-state index in [0.29, 0.717) is 24.5 Å². The maximum absolute atomic E-state index is 12.1. The van der Waals surface area contributed by atoms with Crippen LogP contribution >= 0.6 is 0 Å². The first-order valence-corrected chi connectivity index (χ1v) is 12.1. The number of aromatic nitrogens is 4. The molecule has 0 bridgehead atoms. The third-order valence-electron chi connectivity index (χ3n) is 6.47. The second-order valence-corrected chi connectivity index (χ2v) is 8.89. The molecule has 0 aliphatic carbocycles. The van der Waals surface area contributed by atoms with Crippen molar-refractivity contribution in [3.8, 4) is 22.8 Å². The summed E-state index contributed by atoms with van der Waals surface area (Å²) in [5.74, 6) is 1.67. The fraction of sp³-hybridized carbons (Fsp3) is 0.333. The van der Waals surface area contributed by atoms with Crippen LogP contribution < -0.4 is 14.4 Å². The quantitative estimate of drug-likeness (QED) is 0.351. The van der Waals surface area contributed by atoms with Crippen LogP contribution in [0.1, 0.15) is 19.3 Å². The molecular weight excluding hydrogens is 456 g/mol. The molecule has 3 heterocycles. The molecule has 0 N–H and O–H groups in total. The first-order valence-electron chi connectivity index (χ1n) is 12.1. The lowest BCUT2D eigenvalue weighted by Gasteiger charge is -2.27. The lowest BCUT2D eigenvalue weighted by Crippen LogP contribution is -2.29. The molecule has 0 atom stereocenters. The molecule has 1 saturated heterocycles. The fourth-order valence-electron chi connectivity index (χ4n) is 4.58. The Kier molecular flexibility index (Phi) is 6.71. The van der Waals surface area contributed by atoms with Gasteiger partial charge in [-0.25, -0.2) is 4.98 Å². The van der Waals surface area contributed by atoms with Gasteiger partial charge < -0.3 is 19.3 Å². The van der Waals surface area contributed by atoms with Crippen molar-refractivity contribution >= 4 is 28.3 Å². The molecule has 36 heavy (non-hydrogen) atoms. The van der Waals surface area contributed by atoms with Crippen LogP contribution in [0.25, 0.3) is 22.3 Å². The number of hydrogen-bond acceptors (Lipinski definition) is 7. The number of anilines is 2. The van der Waals surface area contributed by atoms with Crippen LogP contribution in [0.5, 0.6) is 11.5 Å². The van der Waals surface area contributed by atoms with Crippen LogP contribution in [0.15, 0.2) is 55.0 Å². The van der Waals surface area contributed by atoms with E-state index in [0.717, 1.165) is 59.6 Å². The van der Waals surface area contributed by atoms with Gasteiger partial charge in [0.2, 0.25) is 5.91 Å². The second-order valence-electron chi connectivity index (χ2n) is 8.89. The smallest absolute Gasteiger partial charge is 0.222 e. The summed E-state index contributed by atoms with van der Waals surface area (Å²) in [5, 5.41) is 4.25. The molecule has 4 aromatic rings. The zero-order chi connectivity index (χ0) is 25.1. The van der Waals surface area contributed by atoms with Gasteiger partial charge in [-0.3, -0.25) is 14.5 Å². The molecule has 1 amide bonds. The normalized spacial score (nSPS) is 13.4. The Morgan fingerprint density at radius 2 is 1.81 bits per heavy atom. The molecule has 0 saturated carbocycles. The predicted octanol–water partition coefficient (Wildman–Crippen LogP) is 4.20. The van der Waals surface area contributed by atoms with Gasteiger partial charge in [0.15, 0.2) is 0 Å². The Labute approximate surface area is 210 Å². The van der Waals surface area contributed by atoms with Crippen LogP contribution in [0.4, 0.5) is 11.4 Å². The van der Waals surface area contributed by atoms with E-state index in [1.807, 2.05) is 48.5 Å². The Bertz CT molecular complexity index is 1360. The number of carbonyl (C=O) groups excluding carboxylic acids is 1. The maximum Gasteiger partial charge on any atom is 0.222 e. The van der Waals surface area contributed by atoms with Gasteiger partial charge >= 0.3 is 0 Å². The van der Waals surface area contributed by atoms with Gasteiger partial charge in [0.25, 0.3) is 0 Å². The molecule has 1 fully saturated rings. The molecule has 2 aromatic carbocycles. The summed E-state index contributed by atoms with van der Waals surface area (Å²) in [7, 11) is 5.17. The highest BCUT2D eigenvalue weighted by atomic mass is 16.5. The number of rotatable bonds is 9. The number of amides is 1. The summed E-state index contributed by atoms with van der Waals surface area (Å²) < 4.78 is 12.8. The van der Waals surface area contributed by atoms with E-state index in [-0.39, 0.29) is 5.91 Å². The van der Waals surface area contributed by atoms with Crippen LogP contribution in [0.3, 0.4) is 0 Å². The minimum Gasteiger partial charge on any atom is -0.497 e. The van der Waals surface area contributed by atoms with Gasteiger partial charge in [-0.15, -0.1) is 0 Å². The molecule has 186 valence electrons. The number of nitrogens with zero attached hydrogens (tertiary/aromatic N) is 6. The Morgan fingerprint density at radius 1 is 1.00 bits per heavy atom. The molecule has 5 rings (SSSR count). The molecule has 1 aliphatic rings. The lowest BCUT2D eigenvalue weighted by molar-refractivity contribution is -0.127. The number of methoxy groups -OCH3 is 2. The highest BCUT2D eigenvalue weighted by Crippen LogP contribution is 2.34. The molecule has 9 nitrogen and oxygen atoms in total. The molecule has 9 heteroatoms. The van der Waals surface area contributed by atoms with Crippen molar-refractivity contribution in [1.82, 2.24) is 24.6 Å². The number of hydrogen-bond donors (Lipinski definition) is 0. The van der Waals surface area contributed by atoms with Crippen molar-refractivity contribution < 1.29 is 14.3 Å². The highest BCUT2D eigenvalue weighted by molar-refractivity contribution is 5.83. The van der Waals surface area contributed by atoms with Crippen LogP contribution in [-0.2, 0) is 11.8 Å². The average Bonchev–Trinajstić information content (AvgIpc) is 3.53. The van der Waals surface area contributed by atoms with Gasteiger partial charge in [-0.1, -0.05) is 0 Å². The summed E-state index contributed by atoms with van der Waals surface area (Å²) in [4.78, 5) is 25.8. The van der Waals surface area contributed by atoms with Crippen molar-refractivity contribution in [2.24, 2.45) is 7.05 Å². The zero-order valence-electron chi connectivity index (χ0n) is 20.8. The van der Waals surface area contributed by atoms with Crippen molar-refractivity contribution in [3.63, 3.8) is 0 Å². The number of ether oxygens (including phenoxy) is 2. The van der Waals surface area contributed by atoms with Gasteiger partial charge in [0.05, 0.1) is 43.3 Å². The number of aryl methyl sites for hydroxylation is 1. The number of carbonyl (C=O) groups is 1. The zero-order valence-corrected chi connectivity index (χ0v) is 20.8. The van der Waals surface area contributed by atoms with E-state index in [1.165, 1.54) is 0 Å². The third kappa shape index (κ3) is 4.95. The fourth-order valence-corrected chi connectivity index (χ4v) is 4.58. The maximum atomic E-state index is 12.1. The van der Waals surface area contributed by atoms with Gasteiger partial charge in [0, 0.05) is 74.4 Å². The monoisotopic (exact) mass is 486 g/mol. The second kappa shape index (κ2) is 10.2. The van der Waals surface area contributed by atoms with E-state index in [1.54, 1.807) is 31.3 Å². The van der Waals surface area contributed by atoms with Crippen molar-refractivity contribution in [2.45, 2.75) is 19.3 Å². The summed E-state index contributed by atoms with van der Waals surface area (Å²) in [6.07, 6.45) is 7.90. The molecule has 0 radical (unpaired) electrons. The first-order chi connectivity index (χ1) is 17.5. The van der Waals surface area contributed by atoms with Gasteiger partial charge in [0.1, 0.15) is 11.5 Å².